The Hall–Kier alpha value is -2.61. The number of hydrogen-bond acceptors (Lipinski definition) is 6. The maximum Gasteiger partial charge on any atom is 0.257 e. The number of ether oxygens (including phenoxy) is 1. The van der Waals surface area contributed by atoms with Crippen LogP contribution in [0.4, 0.5) is 21.8 Å². The lowest BCUT2D eigenvalue weighted by Gasteiger charge is -2.34. The second kappa shape index (κ2) is 6.48. The lowest BCUT2D eigenvalue weighted by Crippen LogP contribution is -2.43. The first-order valence-corrected chi connectivity index (χ1v) is 9.85. The number of piperidine rings is 1. The van der Waals surface area contributed by atoms with E-state index in [1.165, 1.54) is 6.07 Å². The zero-order valence-electron chi connectivity index (χ0n) is 15.9. The third kappa shape index (κ3) is 2.51. The van der Waals surface area contributed by atoms with E-state index in [1.54, 1.807) is 13.2 Å². The summed E-state index contributed by atoms with van der Waals surface area (Å²) in [5.41, 5.74) is 1.61. The van der Waals surface area contributed by atoms with Crippen molar-refractivity contribution < 1.29 is 9.13 Å². The summed E-state index contributed by atoms with van der Waals surface area (Å²) in [5, 5.41) is 6.59. The van der Waals surface area contributed by atoms with Gasteiger partial charge in [-0.25, -0.2) is 4.39 Å². The molecule has 0 bridgehead atoms. The van der Waals surface area contributed by atoms with Crippen molar-refractivity contribution in [1.29, 1.82) is 0 Å². The number of aromatic nitrogens is 2. The monoisotopic (exact) mass is 385 g/mol. The van der Waals surface area contributed by atoms with E-state index in [2.05, 4.69) is 15.6 Å². The smallest absolute Gasteiger partial charge is 0.257 e. The largest absolute Gasteiger partial charge is 0.495 e. The minimum atomic E-state index is -0.318. The zero-order chi connectivity index (χ0) is 19.3. The van der Waals surface area contributed by atoms with Gasteiger partial charge in [0.25, 0.3) is 5.56 Å². The van der Waals surface area contributed by atoms with Crippen LogP contribution in [0, 0.1) is 5.82 Å². The molecule has 0 atom stereocenters. The van der Waals surface area contributed by atoms with Crippen LogP contribution in [0.5, 0.6) is 5.75 Å². The average Bonchev–Trinajstić information content (AvgIpc) is 3.04. The summed E-state index contributed by atoms with van der Waals surface area (Å²) < 4.78 is 20.7. The molecule has 0 unspecified atom stereocenters. The molecule has 28 heavy (non-hydrogen) atoms. The Morgan fingerprint density at radius 1 is 1.25 bits per heavy atom. The first kappa shape index (κ1) is 17.5. The quantitative estimate of drug-likeness (QED) is 0.734. The van der Waals surface area contributed by atoms with Crippen LogP contribution in [0.25, 0.3) is 0 Å². The van der Waals surface area contributed by atoms with E-state index < -0.39 is 0 Å². The summed E-state index contributed by atoms with van der Waals surface area (Å²) in [6.07, 6.45) is 3.29. The van der Waals surface area contributed by atoms with Crippen LogP contribution >= 0.6 is 0 Å². The zero-order valence-corrected chi connectivity index (χ0v) is 15.9. The number of benzene rings is 1. The van der Waals surface area contributed by atoms with Crippen molar-refractivity contribution in [1.82, 2.24) is 15.3 Å². The van der Waals surface area contributed by atoms with E-state index in [9.17, 15) is 4.79 Å². The van der Waals surface area contributed by atoms with Gasteiger partial charge < -0.3 is 20.3 Å². The third-order valence-electron chi connectivity index (χ3n) is 6.29. The van der Waals surface area contributed by atoms with Gasteiger partial charge in [-0.15, -0.1) is 0 Å². The Kier molecular flexibility index (Phi) is 4.04. The highest BCUT2D eigenvalue weighted by Crippen LogP contribution is 2.53. The molecule has 1 saturated heterocycles. The number of nitrogens with zero attached hydrogens (tertiary/aromatic N) is 2. The van der Waals surface area contributed by atoms with Crippen LogP contribution in [0.15, 0.2) is 16.9 Å². The van der Waals surface area contributed by atoms with Crippen molar-refractivity contribution in [3.63, 3.8) is 0 Å². The minimum absolute atomic E-state index is 0.129. The fourth-order valence-corrected chi connectivity index (χ4v) is 4.90. The number of anilines is 3. The van der Waals surface area contributed by atoms with Gasteiger partial charge in [0.2, 0.25) is 5.95 Å². The van der Waals surface area contributed by atoms with Gasteiger partial charge in [0, 0.05) is 24.1 Å². The second-order valence-corrected chi connectivity index (χ2v) is 7.84. The standard InChI is InChI=1S/C20H24FN5O2/c1-28-14-5-4-13(21)15-16(14)26(11-20(15)6-9-22-10-7-20)19-24-17-12(18(27)25-19)3-2-8-23-17/h4-5,22H,2-3,6-11H2,1H3,(H2,23,24,25,27). The van der Waals surface area contributed by atoms with Gasteiger partial charge >= 0.3 is 0 Å². The van der Waals surface area contributed by atoms with Crippen molar-refractivity contribution in [2.24, 2.45) is 0 Å². The Labute approximate surface area is 162 Å². The van der Waals surface area contributed by atoms with Crippen molar-refractivity contribution >= 4 is 17.5 Å². The predicted octanol–water partition coefficient (Wildman–Crippen LogP) is 2.05. The van der Waals surface area contributed by atoms with E-state index in [4.69, 9.17) is 9.72 Å². The average molecular weight is 385 g/mol. The number of halogens is 1. The number of rotatable bonds is 2. The van der Waals surface area contributed by atoms with Gasteiger partial charge in [-0.3, -0.25) is 9.78 Å². The number of aromatic amines is 1. The van der Waals surface area contributed by atoms with Crippen molar-refractivity contribution in [2.45, 2.75) is 31.1 Å². The molecule has 1 aromatic heterocycles. The lowest BCUT2D eigenvalue weighted by atomic mass is 9.74. The fraction of sp³-hybridized carbons (Fsp3) is 0.500. The molecule has 8 heteroatoms. The molecule has 7 nitrogen and oxygen atoms in total. The van der Waals surface area contributed by atoms with E-state index >= 15 is 4.39 Å². The first-order valence-electron chi connectivity index (χ1n) is 9.85. The number of nitrogens with one attached hydrogen (secondary N) is 3. The minimum Gasteiger partial charge on any atom is -0.495 e. The Morgan fingerprint density at radius 3 is 2.86 bits per heavy atom. The van der Waals surface area contributed by atoms with Gasteiger partial charge in [-0.1, -0.05) is 0 Å². The summed E-state index contributed by atoms with van der Waals surface area (Å²) in [5.74, 6) is 1.45. The van der Waals surface area contributed by atoms with Gasteiger partial charge in [-0.05, 0) is 50.9 Å². The molecule has 3 aliphatic rings. The van der Waals surface area contributed by atoms with E-state index in [0.717, 1.165) is 45.3 Å². The van der Waals surface area contributed by atoms with E-state index in [0.29, 0.717) is 40.9 Å². The topological polar surface area (TPSA) is 82.3 Å². The van der Waals surface area contributed by atoms with Gasteiger partial charge in [-0.2, -0.15) is 4.98 Å². The molecule has 148 valence electrons. The summed E-state index contributed by atoms with van der Waals surface area (Å²) in [7, 11) is 1.59. The van der Waals surface area contributed by atoms with Gasteiger partial charge in [0.1, 0.15) is 17.4 Å². The highest BCUT2D eigenvalue weighted by atomic mass is 19.1. The lowest BCUT2D eigenvalue weighted by molar-refractivity contribution is 0.319. The molecule has 3 aliphatic heterocycles. The van der Waals surface area contributed by atoms with Gasteiger partial charge in [0.05, 0.1) is 18.4 Å². The highest BCUT2D eigenvalue weighted by Gasteiger charge is 2.48. The number of methoxy groups -OCH3 is 1. The predicted molar refractivity (Wildman–Crippen MR) is 105 cm³/mol. The summed E-state index contributed by atoms with van der Waals surface area (Å²) in [6, 6.07) is 3.13. The van der Waals surface area contributed by atoms with Crippen LogP contribution in [-0.4, -0.2) is 43.3 Å². The molecule has 0 saturated carbocycles. The molecule has 1 spiro atoms. The maximum atomic E-state index is 15.1. The van der Waals surface area contributed by atoms with E-state index in [1.807, 2.05) is 4.90 Å². The number of hydrogen-bond donors (Lipinski definition) is 3. The first-order chi connectivity index (χ1) is 13.6. The number of fused-ring (bicyclic) bond motifs is 3. The molecule has 0 radical (unpaired) electrons. The van der Waals surface area contributed by atoms with Gasteiger partial charge in [0.15, 0.2) is 0 Å². The molecular weight excluding hydrogens is 361 g/mol. The van der Waals surface area contributed by atoms with Crippen molar-refractivity contribution in [3.8, 4) is 5.75 Å². The highest BCUT2D eigenvalue weighted by molar-refractivity contribution is 5.76. The number of H-pyrrole nitrogens is 1. The summed E-state index contributed by atoms with van der Waals surface area (Å²) in [4.78, 5) is 22.2. The van der Waals surface area contributed by atoms with Crippen LogP contribution in [-0.2, 0) is 11.8 Å². The molecule has 3 N–H and O–H groups in total. The van der Waals surface area contributed by atoms with E-state index in [-0.39, 0.29) is 16.8 Å². The molecule has 1 aromatic carbocycles. The fourth-order valence-electron chi connectivity index (χ4n) is 4.90. The Bertz CT molecular complexity index is 983. The van der Waals surface area contributed by atoms with Crippen molar-refractivity contribution in [3.05, 3.63) is 39.4 Å². The molecular formula is C20H24FN5O2. The molecule has 1 fully saturated rings. The molecule has 4 heterocycles. The second-order valence-electron chi connectivity index (χ2n) is 7.84. The van der Waals surface area contributed by atoms with Crippen molar-refractivity contribution in [2.75, 3.05) is 43.5 Å². The molecule has 0 amide bonds. The molecule has 0 aliphatic carbocycles. The van der Waals surface area contributed by atoms with Crippen LogP contribution in [0.3, 0.4) is 0 Å². The SMILES string of the molecule is COc1ccc(F)c2c1N(c1nc3c(c(=O)[nH]1)CCCN3)CC21CCNCC1. The Balaban J connectivity index is 1.69. The summed E-state index contributed by atoms with van der Waals surface area (Å²) >= 11 is 0. The third-order valence-corrected chi connectivity index (χ3v) is 6.29. The maximum absolute atomic E-state index is 15.1. The van der Waals surface area contributed by atoms with Crippen LogP contribution in [0.1, 0.15) is 30.4 Å². The molecule has 2 aromatic rings. The molecule has 5 rings (SSSR count). The van der Waals surface area contributed by atoms with Crippen LogP contribution < -0.4 is 25.8 Å². The Morgan fingerprint density at radius 2 is 2.07 bits per heavy atom. The van der Waals surface area contributed by atoms with Crippen LogP contribution in [0.2, 0.25) is 0 Å². The normalized spacial score (nSPS) is 19.9. The summed E-state index contributed by atoms with van der Waals surface area (Å²) in [6.45, 7) is 3.04.